The quantitative estimate of drug-likeness (QED) is 0.339. The van der Waals surface area contributed by atoms with E-state index in [1.165, 1.54) is 0 Å². The molecular weight excluding hydrogens is 364 g/mol. The van der Waals surface area contributed by atoms with E-state index in [2.05, 4.69) is 16.0 Å². The SMILES string of the molecule is CCC(C)C(NC(=O)C(Cc1ccccc1)NC(=O)CN)C(=O)NCC(=O)O. The minimum atomic E-state index is -1.18. The fourth-order valence-electron chi connectivity index (χ4n) is 2.54. The first kappa shape index (κ1) is 23.1. The van der Waals surface area contributed by atoms with Crippen LogP contribution in [0.2, 0.25) is 0 Å². The Hall–Kier alpha value is -2.94. The highest BCUT2D eigenvalue weighted by Gasteiger charge is 2.30. The van der Waals surface area contributed by atoms with Crippen molar-refractivity contribution in [1.82, 2.24) is 16.0 Å². The van der Waals surface area contributed by atoms with Gasteiger partial charge in [0.25, 0.3) is 0 Å². The number of carbonyl (C=O) groups excluding carboxylic acids is 3. The number of rotatable bonds is 11. The van der Waals surface area contributed by atoms with E-state index in [-0.39, 0.29) is 18.9 Å². The molecule has 154 valence electrons. The topological polar surface area (TPSA) is 151 Å². The number of carbonyl (C=O) groups is 4. The summed E-state index contributed by atoms with van der Waals surface area (Å²) in [5.41, 5.74) is 6.17. The Labute approximate surface area is 164 Å². The van der Waals surface area contributed by atoms with Gasteiger partial charge in [-0.25, -0.2) is 0 Å². The van der Waals surface area contributed by atoms with Crippen molar-refractivity contribution in [2.75, 3.05) is 13.1 Å². The normalized spacial score (nSPS) is 13.7. The lowest BCUT2D eigenvalue weighted by Crippen LogP contribution is -2.57. The van der Waals surface area contributed by atoms with E-state index >= 15 is 0 Å². The molecule has 0 aromatic heterocycles. The van der Waals surface area contributed by atoms with Crippen LogP contribution < -0.4 is 21.7 Å². The average molecular weight is 392 g/mol. The Morgan fingerprint density at radius 2 is 1.71 bits per heavy atom. The first-order chi connectivity index (χ1) is 13.3. The minimum absolute atomic E-state index is 0.225. The summed E-state index contributed by atoms with van der Waals surface area (Å²) in [6.07, 6.45) is 0.812. The molecule has 0 aliphatic rings. The van der Waals surface area contributed by atoms with Gasteiger partial charge in [-0.2, -0.15) is 0 Å². The monoisotopic (exact) mass is 392 g/mol. The molecule has 28 heavy (non-hydrogen) atoms. The molecule has 1 aromatic rings. The van der Waals surface area contributed by atoms with E-state index < -0.39 is 42.3 Å². The maximum Gasteiger partial charge on any atom is 0.322 e. The molecule has 3 amide bonds. The summed E-state index contributed by atoms with van der Waals surface area (Å²) in [6.45, 7) is 2.81. The molecule has 6 N–H and O–H groups in total. The van der Waals surface area contributed by atoms with E-state index in [9.17, 15) is 19.2 Å². The zero-order valence-electron chi connectivity index (χ0n) is 16.1. The van der Waals surface area contributed by atoms with Crippen LogP contribution in [-0.2, 0) is 25.6 Å². The molecule has 0 aliphatic carbocycles. The van der Waals surface area contributed by atoms with Crippen LogP contribution in [0.3, 0.4) is 0 Å². The van der Waals surface area contributed by atoms with Gasteiger partial charge in [-0.15, -0.1) is 0 Å². The summed E-state index contributed by atoms with van der Waals surface area (Å²) in [4.78, 5) is 47.6. The van der Waals surface area contributed by atoms with Crippen molar-refractivity contribution in [3.8, 4) is 0 Å². The predicted molar refractivity (Wildman–Crippen MR) is 103 cm³/mol. The average Bonchev–Trinajstić information content (AvgIpc) is 2.69. The van der Waals surface area contributed by atoms with Crippen molar-refractivity contribution in [2.45, 2.75) is 38.8 Å². The third-order valence-corrected chi connectivity index (χ3v) is 4.33. The molecule has 0 spiro atoms. The molecule has 3 unspecified atom stereocenters. The second kappa shape index (κ2) is 11.7. The van der Waals surface area contributed by atoms with Crippen molar-refractivity contribution in [2.24, 2.45) is 11.7 Å². The van der Waals surface area contributed by atoms with E-state index in [0.29, 0.717) is 6.42 Å². The number of benzene rings is 1. The number of carboxylic acid groups (broad SMARTS) is 1. The van der Waals surface area contributed by atoms with Gasteiger partial charge in [0.1, 0.15) is 18.6 Å². The van der Waals surface area contributed by atoms with Crippen molar-refractivity contribution < 1.29 is 24.3 Å². The lowest BCUT2D eigenvalue weighted by atomic mass is 9.97. The Kier molecular flexibility index (Phi) is 9.66. The van der Waals surface area contributed by atoms with Crippen molar-refractivity contribution >= 4 is 23.7 Å². The largest absolute Gasteiger partial charge is 0.480 e. The van der Waals surface area contributed by atoms with E-state index in [4.69, 9.17) is 10.8 Å². The van der Waals surface area contributed by atoms with E-state index in [1.54, 1.807) is 6.92 Å². The molecular formula is C19H28N4O5. The number of carboxylic acids is 1. The maximum absolute atomic E-state index is 12.8. The molecule has 0 saturated carbocycles. The fourth-order valence-corrected chi connectivity index (χ4v) is 2.54. The molecule has 0 aliphatic heterocycles. The molecule has 0 heterocycles. The summed E-state index contributed by atoms with van der Waals surface area (Å²) in [5, 5.41) is 16.2. The van der Waals surface area contributed by atoms with Crippen LogP contribution in [0.15, 0.2) is 30.3 Å². The molecule has 1 aromatic carbocycles. The lowest BCUT2D eigenvalue weighted by molar-refractivity contribution is -0.139. The number of amides is 3. The first-order valence-corrected chi connectivity index (χ1v) is 9.11. The first-order valence-electron chi connectivity index (χ1n) is 9.11. The van der Waals surface area contributed by atoms with Crippen LogP contribution in [-0.4, -0.2) is 54.0 Å². The molecule has 9 heteroatoms. The third kappa shape index (κ3) is 7.75. The van der Waals surface area contributed by atoms with Gasteiger partial charge in [0.2, 0.25) is 17.7 Å². The fraction of sp³-hybridized carbons (Fsp3) is 0.474. The predicted octanol–water partition coefficient (Wildman–Crippen LogP) is -0.596. The molecule has 0 bridgehead atoms. The summed E-state index contributed by atoms with van der Waals surface area (Å²) in [6, 6.07) is 7.26. The Bertz CT molecular complexity index is 680. The van der Waals surface area contributed by atoms with Gasteiger partial charge < -0.3 is 26.8 Å². The van der Waals surface area contributed by atoms with Gasteiger partial charge in [-0.3, -0.25) is 19.2 Å². The summed E-state index contributed by atoms with van der Waals surface area (Å²) < 4.78 is 0. The van der Waals surface area contributed by atoms with Gasteiger partial charge in [0.15, 0.2) is 0 Å². The standard InChI is InChI=1S/C19H28N4O5/c1-3-12(2)17(19(28)21-11-16(25)26)23-18(27)14(22-15(24)10-20)9-13-7-5-4-6-8-13/h4-8,12,14,17H,3,9-11,20H2,1-2H3,(H,21,28)(H,22,24)(H,23,27)(H,25,26). The summed E-state index contributed by atoms with van der Waals surface area (Å²) in [7, 11) is 0. The van der Waals surface area contributed by atoms with Gasteiger partial charge in [0.05, 0.1) is 6.54 Å². The van der Waals surface area contributed by atoms with Crippen molar-refractivity contribution in [3.05, 3.63) is 35.9 Å². The maximum atomic E-state index is 12.8. The number of aliphatic carboxylic acids is 1. The third-order valence-electron chi connectivity index (χ3n) is 4.33. The number of nitrogens with one attached hydrogen (secondary N) is 3. The van der Waals surface area contributed by atoms with Crippen molar-refractivity contribution in [1.29, 1.82) is 0 Å². The molecule has 1 rings (SSSR count). The van der Waals surface area contributed by atoms with Crippen LogP contribution in [0.1, 0.15) is 25.8 Å². The molecule has 0 saturated heterocycles. The van der Waals surface area contributed by atoms with Gasteiger partial charge >= 0.3 is 5.97 Å². The van der Waals surface area contributed by atoms with E-state index in [0.717, 1.165) is 5.56 Å². The molecule has 0 fully saturated rings. The van der Waals surface area contributed by atoms with Crippen LogP contribution >= 0.6 is 0 Å². The molecule has 9 nitrogen and oxygen atoms in total. The summed E-state index contributed by atoms with van der Waals surface area (Å²) in [5.74, 6) is -3.04. The van der Waals surface area contributed by atoms with Crippen LogP contribution in [0, 0.1) is 5.92 Å². The number of hydrogen-bond donors (Lipinski definition) is 5. The smallest absolute Gasteiger partial charge is 0.322 e. The highest BCUT2D eigenvalue weighted by Crippen LogP contribution is 2.10. The highest BCUT2D eigenvalue weighted by molar-refractivity contribution is 5.93. The number of hydrogen-bond acceptors (Lipinski definition) is 5. The van der Waals surface area contributed by atoms with E-state index in [1.807, 2.05) is 37.3 Å². The highest BCUT2D eigenvalue weighted by atomic mass is 16.4. The Balaban J connectivity index is 2.94. The van der Waals surface area contributed by atoms with Gasteiger partial charge in [0, 0.05) is 6.42 Å². The van der Waals surface area contributed by atoms with Crippen LogP contribution in [0.5, 0.6) is 0 Å². The van der Waals surface area contributed by atoms with Gasteiger partial charge in [-0.1, -0.05) is 50.6 Å². The van der Waals surface area contributed by atoms with Crippen LogP contribution in [0.25, 0.3) is 0 Å². The van der Waals surface area contributed by atoms with Crippen LogP contribution in [0.4, 0.5) is 0 Å². The Morgan fingerprint density at radius 3 is 2.25 bits per heavy atom. The zero-order valence-corrected chi connectivity index (χ0v) is 16.1. The summed E-state index contributed by atoms with van der Waals surface area (Å²) >= 11 is 0. The zero-order chi connectivity index (χ0) is 21.1. The molecule has 3 atom stereocenters. The van der Waals surface area contributed by atoms with Gasteiger partial charge in [-0.05, 0) is 11.5 Å². The second-order valence-corrected chi connectivity index (χ2v) is 6.50. The van der Waals surface area contributed by atoms with Crippen molar-refractivity contribution in [3.63, 3.8) is 0 Å². The minimum Gasteiger partial charge on any atom is -0.480 e. The lowest BCUT2D eigenvalue weighted by Gasteiger charge is -2.26. The second-order valence-electron chi connectivity index (χ2n) is 6.50. The number of nitrogens with two attached hydrogens (primary N) is 1. The Morgan fingerprint density at radius 1 is 1.07 bits per heavy atom. The molecule has 0 radical (unpaired) electrons.